The highest BCUT2D eigenvalue weighted by Crippen LogP contribution is 2.40. The molecular weight excluding hydrogens is 310 g/mol. The number of amides is 2. The van der Waals surface area contributed by atoms with Crippen LogP contribution in [0.25, 0.3) is 0 Å². The Hall–Kier alpha value is -2.28. The first-order valence-electron chi connectivity index (χ1n) is 8.29. The number of carbonyl (C=O) groups excluding carboxylic acids is 1. The van der Waals surface area contributed by atoms with Crippen molar-refractivity contribution >= 4 is 17.7 Å². The molecule has 7 nitrogen and oxygen atoms in total. The molecule has 24 heavy (non-hydrogen) atoms. The van der Waals surface area contributed by atoms with Gasteiger partial charge in [-0.2, -0.15) is 0 Å². The quantitative estimate of drug-likeness (QED) is 0.860. The molecule has 1 aromatic carbocycles. The van der Waals surface area contributed by atoms with Gasteiger partial charge in [-0.05, 0) is 43.6 Å². The number of fused-ring (bicyclic) bond motifs is 1. The first kappa shape index (κ1) is 15.3. The van der Waals surface area contributed by atoms with Gasteiger partial charge in [-0.25, -0.2) is 4.79 Å². The number of hydrogen-bond acceptors (Lipinski definition) is 4. The first-order valence-corrected chi connectivity index (χ1v) is 8.29. The highest BCUT2D eigenvalue weighted by Gasteiger charge is 2.46. The second-order valence-corrected chi connectivity index (χ2v) is 7.08. The fourth-order valence-corrected chi connectivity index (χ4v) is 3.88. The van der Waals surface area contributed by atoms with E-state index in [1.54, 1.807) is 0 Å². The SMILES string of the molecule is O=C1COc2cc(CN3CCC4(CC3)CN(C(=O)O)C4)ccc2N1. The van der Waals surface area contributed by atoms with Crippen LogP contribution in [0.5, 0.6) is 5.75 Å². The fourth-order valence-electron chi connectivity index (χ4n) is 3.88. The molecule has 3 heterocycles. The van der Waals surface area contributed by atoms with Gasteiger partial charge in [0.05, 0.1) is 5.69 Å². The molecule has 3 aliphatic rings. The minimum absolute atomic E-state index is 0.0722. The molecule has 1 aromatic rings. The van der Waals surface area contributed by atoms with Crippen molar-refractivity contribution in [3.8, 4) is 5.75 Å². The maximum atomic E-state index is 11.3. The van der Waals surface area contributed by atoms with E-state index in [9.17, 15) is 9.59 Å². The van der Waals surface area contributed by atoms with Crippen LogP contribution in [0.3, 0.4) is 0 Å². The molecular formula is C17H21N3O4. The molecule has 2 saturated heterocycles. The van der Waals surface area contributed by atoms with Crippen LogP contribution in [-0.4, -0.2) is 59.7 Å². The Morgan fingerprint density at radius 2 is 2.04 bits per heavy atom. The average Bonchev–Trinajstić information content (AvgIpc) is 2.53. The number of anilines is 1. The molecule has 0 aliphatic carbocycles. The summed E-state index contributed by atoms with van der Waals surface area (Å²) in [5.41, 5.74) is 2.11. The van der Waals surface area contributed by atoms with Crippen LogP contribution in [0.15, 0.2) is 18.2 Å². The fraction of sp³-hybridized carbons (Fsp3) is 0.529. The summed E-state index contributed by atoms with van der Waals surface area (Å²) in [5.74, 6) is 0.615. The lowest BCUT2D eigenvalue weighted by Gasteiger charge is -2.52. The Morgan fingerprint density at radius 3 is 2.75 bits per heavy atom. The predicted octanol–water partition coefficient (Wildman–Crippen LogP) is 1.59. The maximum Gasteiger partial charge on any atom is 0.407 e. The third-order valence-electron chi connectivity index (χ3n) is 5.32. The average molecular weight is 331 g/mol. The van der Waals surface area contributed by atoms with Crippen molar-refractivity contribution in [2.45, 2.75) is 19.4 Å². The number of nitrogens with zero attached hydrogens (tertiary/aromatic N) is 2. The van der Waals surface area contributed by atoms with E-state index < -0.39 is 6.09 Å². The van der Waals surface area contributed by atoms with Crippen LogP contribution < -0.4 is 10.1 Å². The summed E-state index contributed by atoms with van der Waals surface area (Å²) in [7, 11) is 0. The summed E-state index contributed by atoms with van der Waals surface area (Å²) in [4.78, 5) is 26.1. The topological polar surface area (TPSA) is 82.1 Å². The van der Waals surface area contributed by atoms with Crippen LogP contribution in [-0.2, 0) is 11.3 Å². The van der Waals surface area contributed by atoms with Crippen molar-refractivity contribution in [3.63, 3.8) is 0 Å². The molecule has 2 fully saturated rings. The van der Waals surface area contributed by atoms with Gasteiger partial charge in [-0.1, -0.05) is 6.07 Å². The molecule has 2 N–H and O–H groups in total. The van der Waals surface area contributed by atoms with E-state index in [1.165, 1.54) is 10.5 Å². The van der Waals surface area contributed by atoms with Crippen molar-refractivity contribution < 1.29 is 19.4 Å². The van der Waals surface area contributed by atoms with E-state index in [0.29, 0.717) is 13.1 Å². The summed E-state index contributed by atoms with van der Waals surface area (Å²) in [6, 6.07) is 5.91. The van der Waals surface area contributed by atoms with Gasteiger partial charge in [0.2, 0.25) is 0 Å². The molecule has 128 valence electrons. The number of ether oxygens (including phenoxy) is 1. The van der Waals surface area contributed by atoms with Crippen LogP contribution in [0.1, 0.15) is 18.4 Å². The van der Waals surface area contributed by atoms with Crippen LogP contribution in [0.2, 0.25) is 0 Å². The summed E-state index contributed by atoms with van der Waals surface area (Å²) in [5, 5.41) is 11.8. The third kappa shape index (κ3) is 2.80. The lowest BCUT2D eigenvalue weighted by Crippen LogP contribution is -2.61. The monoisotopic (exact) mass is 331 g/mol. The van der Waals surface area contributed by atoms with E-state index in [2.05, 4.69) is 10.2 Å². The largest absolute Gasteiger partial charge is 0.482 e. The highest BCUT2D eigenvalue weighted by atomic mass is 16.5. The smallest absolute Gasteiger partial charge is 0.407 e. The number of carbonyl (C=O) groups is 2. The first-order chi connectivity index (χ1) is 11.5. The molecule has 0 unspecified atom stereocenters. The molecule has 0 radical (unpaired) electrons. The lowest BCUT2D eigenvalue weighted by molar-refractivity contribution is -0.118. The zero-order valence-electron chi connectivity index (χ0n) is 13.5. The molecule has 7 heteroatoms. The van der Waals surface area contributed by atoms with E-state index >= 15 is 0 Å². The number of rotatable bonds is 2. The van der Waals surface area contributed by atoms with Crippen molar-refractivity contribution in [3.05, 3.63) is 23.8 Å². The number of piperidine rings is 1. The van der Waals surface area contributed by atoms with Crippen molar-refractivity contribution in [1.29, 1.82) is 0 Å². The summed E-state index contributed by atoms with van der Waals surface area (Å²) in [6.07, 6.45) is 1.30. The van der Waals surface area contributed by atoms with Crippen molar-refractivity contribution in [2.75, 3.05) is 38.1 Å². The summed E-state index contributed by atoms with van der Waals surface area (Å²) < 4.78 is 5.47. The Kier molecular flexibility index (Phi) is 3.60. The molecule has 0 aromatic heterocycles. The molecule has 3 aliphatic heterocycles. The standard InChI is InChI=1S/C17H21N3O4/c21-15-9-24-14-7-12(1-2-13(14)18-15)8-19-5-3-17(4-6-19)10-20(11-17)16(22)23/h1-2,7H,3-6,8-11H2,(H,18,21)(H,22,23). The van der Waals surface area contributed by atoms with Gasteiger partial charge >= 0.3 is 6.09 Å². The minimum Gasteiger partial charge on any atom is -0.482 e. The van der Waals surface area contributed by atoms with Crippen molar-refractivity contribution in [2.24, 2.45) is 5.41 Å². The predicted molar refractivity (Wildman–Crippen MR) is 87.1 cm³/mol. The molecule has 0 atom stereocenters. The summed E-state index contributed by atoms with van der Waals surface area (Å²) >= 11 is 0. The van der Waals surface area contributed by atoms with Gasteiger partial charge < -0.3 is 20.1 Å². The molecule has 0 saturated carbocycles. The number of nitrogens with one attached hydrogen (secondary N) is 1. The van der Waals surface area contributed by atoms with Gasteiger partial charge in [0.25, 0.3) is 5.91 Å². The van der Waals surface area contributed by atoms with Gasteiger partial charge in [-0.3, -0.25) is 9.69 Å². The van der Waals surface area contributed by atoms with Gasteiger partial charge in [-0.15, -0.1) is 0 Å². The zero-order valence-corrected chi connectivity index (χ0v) is 13.5. The number of likely N-dealkylation sites (tertiary alicyclic amines) is 2. The second-order valence-electron chi connectivity index (χ2n) is 7.08. The zero-order chi connectivity index (χ0) is 16.7. The lowest BCUT2D eigenvalue weighted by atomic mass is 9.72. The van der Waals surface area contributed by atoms with Crippen molar-refractivity contribution in [1.82, 2.24) is 9.80 Å². The third-order valence-corrected chi connectivity index (χ3v) is 5.32. The Morgan fingerprint density at radius 1 is 1.29 bits per heavy atom. The molecule has 2 amide bonds. The molecule has 1 spiro atoms. The Balaban J connectivity index is 1.33. The van der Waals surface area contributed by atoms with E-state index in [0.717, 1.165) is 43.9 Å². The Bertz CT molecular complexity index is 674. The van der Waals surface area contributed by atoms with E-state index in [1.807, 2.05) is 18.2 Å². The molecule has 4 rings (SSSR count). The minimum atomic E-state index is -0.802. The molecule has 0 bridgehead atoms. The summed E-state index contributed by atoms with van der Waals surface area (Å²) in [6.45, 7) is 4.27. The number of benzene rings is 1. The number of carboxylic acid groups (broad SMARTS) is 1. The normalized spacial score (nSPS) is 22.3. The van der Waals surface area contributed by atoms with Gasteiger partial charge in [0.1, 0.15) is 5.75 Å². The highest BCUT2D eigenvalue weighted by molar-refractivity contribution is 5.95. The van der Waals surface area contributed by atoms with Gasteiger partial charge in [0.15, 0.2) is 6.61 Å². The van der Waals surface area contributed by atoms with Crippen LogP contribution in [0, 0.1) is 5.41 Å². The Labute approximate surface area is 140 Å². The van der Waals surface area contributed by atoms with E-state index in [-0.39, 0.29) is 17.9 Å². The maximum absolute atomic E-state index is 11.3. The number of hydrogen-bond donors (Lipinski definition) is 2. The van der Waals surface area contributed by atoms with Crippen LogP contribution in [0.4, 0.5) is 10.5 Å². The van der Waals surface area contributed by atoms with Crippen LogP contribution >= 0.6 is 0 Å². The van der Waals surface area contributed by atoms with E-state index in [4.69, 9.17) is 9.84 Å². The second kappa shape index (κ2) is 5.66. The van der Waals surface area contributed by atoms with Gasteiger partial charge in [0, 0.05) is 25.0 Å².